The Labute approximate surface area is 110 Å². The van der Waals surface area contributed by atoms with Crippen molar-refractivity contribution in [1.29, 1.82) is 0 Å². The van der Waals surface area contributed by atoms with Gasteiger partial charge in [0, 0.05) is 26.7 Å². The molecule has 0 bridgehead atoms. The molecule has 0 saturated carbocycles. The van der Waals surface area contributed by atoms with Crippen molar-refractivity contribution in [3.63, 3.8) is 0 Å². The molecule has 1 aromatic rings. The van der Waals surface area contributed by atoms with E-state index in [1.165, 1.54) is 7.05 Å². The number of amides is 2. The Morgan fingerprint density at radius 2 is 2.26 bits per heavy atom. The van der Waals surface area contributed by atoms with Crippen molar-refractivity contribution in [2.75, 3.05) is 31.6 Å². The van der Waals surface area contributed by atoms with E-state index in [2.05, 4.69) is 20.8 Å². The number of carbonyl (C=O) groups is 2. The van der Waals surface area contributed by atoms with E-state index in [1.54, 1.807) is 17.0 Å². The molecule has 19 heavy (non-hydrogen) atoms. The minimum Gasteiger partial charge on any atom is -0.368 e. The van der Waals surface area contributed by atoms with Gasteiger partial charge < -0.3 is 21.3 Å². The van der Waals surface area contributed by atoms with Gasteiger partial charge in [-0.05, 0) is 12.1 Å². The second kappa shape index (κ2) is 5.61. The molecule has 0 aromatic carbocycles. The molecule has 102 valence electrons. The normalized spacial score (nSPS) is 19.0. The van der Waals surface area contributed by atoms with Crippen molar-refractivity contribution in [1.82, 2.24) is 20.8 Å². The van der Waals surface area contributed by atoms with Crippen LogP contribution in [0.1, 0.15) is 10.5 Å². The molecule has 8 nitrogen and oxygen atoms in total. The number of hydrogen-bond acceptors (Lipinski definition) is 6. The lowest BCUT2D eigenvalue weighted by Gasteiger charge is -2.34. The largest absolute Gasteiger partial charge is 0.368 e. The van der Waals surface area contributed by atoms with Gasteiger partial charge in [0.15, 0.2) is 11.5 Å². The van der Waals surface area contributed by atoms with E-state index in [9.17, 15) is 9.59 Å². The lowest BCUT2D eigenvalue weighted by molar-refractivity contribution is -0.119. The van der Waals surface area contributed by atoms with Gasteiger partial charge in [-0.3, -0.25) is 9.59 Å². The van der Waals surface area contributed by atoms with E-state index in [0.717, 1.165) is 6.54 Å². The van der Waals surface area contributed by atoms with Gasteiger partial charge in [-0.1, -0.05) is 0 Å². The molecule has 1 saturated heterocycles. The molecule has 1 atom stereocenters. The average Bonchev–Trinajstić information content (AvgIpc) is 2.46. The first-order chi connectivity index (χ1) is 9.13. The van der Waals surface area contributed by atoms with Crippen molar-refractivity contribution >= 4 is 17.6 Å². The van der Waals surface area contributed by atoms with E-state index < -0.39 is 11.9 Å². The van der Waals surface area contributed by atoms with Crippen LogP contribution in [0.3, 0.4) is 0 Å². The molecule has 1 aliphatic heterocycles. The molecule has 0 spiro atoms. The molecule has 2 heterocycles. The van der Waals surface area contributed by atoms with Gasteiger partial charge in [-0.25, -0.2) is 0 Å². The summed E-state index contributed by atoms with van der Waals surface area (Å²) in [4.78, 5) is 24.5. The molecule has 2 rings (SSSR count). The second-order valence-corrected chi connectivity index (χ2v) is 4.17. The zero-order valence-electron chi connectivity index (χ0n) is 10.6. The number of nitrogens with one attached hydrogen (secondary N) is 2. The van der Waals surface area contributed by atoms with Gasteiger partial charge in [0.2, 0.25) is 5.91 Å². The first kappa shape index (κ1) is 13.2. The molecule has 1 fully saturated rings. The number of carbonyl (C=O) groups excluding carboxylic acids is 2. The number of anilines is 1. The maximum atomic E-state index is 11.4. The number of nitrogens with two attached hydrogens (primary N) is 1. The highest BCUT2D eigenvalue weighted by atomic mass is 16.2. The maximum absolute atomic E-state index is 11.4. The summed E-state index contributed by atoms with van der Waals surface area (Å²) in [6.07, 6.45) is 0. The van der Waals surface area contributed by atoms with Crippen LogP contribution in [0.25, 0.3) is 0 Å². The molecule has 0 aliphatic carbocycles. The van der Waals surface area contributed by atoms with Crippen molar-refractivity contribution in [3.05, 3.63) is 17.8 Å². The summed E-state index contributed by atoms with van der Waals surface area (Å²) < 4.78 is 0. The van der Waals surface area contributed by atoms with Crippen molar-refractivity contribution in [3.8, 4) is 0 Å². The molecule has 1 aliphatic rings. The minimum atomic E-state index is -0.450. The van der Waals surface area contributed by atoms with Crippen LogP contribution in [0.4, 0.5) is 5.82 Å². The fraction of sp³-hybridized carbons (Fsp3) is 0.455. The van der Waals surface area contributed by atoms with Crippen LogP contribution < -0.4 is 21.3 Å². The Balaban J connectivity index is 2.20. The summed E-state index contributed by atoms with van der Waals surface area (Å²) in [5.74, 6) is -0.173. The first-order valence-corrected chi connectivity index (χ1v) is 5.96. The third-order valence-corrected chi connectivity index (χ3v) is 2.98. The molecular weight excluding hydrogens is 248 g/mol. The Kier molecular flexibility index (Phi) is 3.91. The maximum Gasteiger partial charge on any atom is 0.271 e. The molecule has 0 radical (unpaired) electrons. The van der Waals surface area contributed by atoms with Crippen LogP contribution in [0.15, 0.2) is 12.1 Å². The van der Waals surface area contributed by atoms with Gasteiger partial charge >= 0.3 is 0 Å². The highest BCUT2D eigenvalue weighted by Crippen LogP contribution is 2.14. The van der Waals surface area contributed by atoms with E-state index in [4.69, 9.17) is 5.73 Å². The number of aromatic nitrogens is 2. The van der Waals surface area contributed by atoms with Crippen molar-refractivity contribution in [2.24, 2.45) is 5.73 Å². The smallest absolute Gasteiger partial charge is 0.271 e. The summed E-state index contributed by atoms with van der Waals surface area (Å²) >= 11 is 0. The number of piperazine rings is 1. The highest BCUT2D eigenvalue weighted by Gasteiger charge is 2.28. The molecule has 2 amide bonds. The second-order valence-electron chi connectivity index (χ2n) is 4.17. The highest BCUT2D eigenvalue weighted by molar-refractivity contribution is 5.92. The van der Waals surface area contributed by atoms with Crippen molar-refractivity contribution < 1.29 is 9.59 Å². The predicted molar refractivity (Wildman–Crippen MR) is 68.6 cm³/mol. The standard InChI is InChI=1S/C11H16N6O2/c1-13-11(19)7-2-3-9(16-15-7)17-5-4-14-6-8(17)10(12)18/h2-3,8,14H,4-6H2,1H3,(H2,12,18)(H,13,19). The fourth-order valence-corrected chi connectivity index (χ4v) is 1.96. The molecule has 1 aromatic heterocycles. The Morgan fingerprint density at radius 1 is 1.47 bits per heavy atom. The number of nitrogens with zero attached hydrogens (tertiary/aromatic N) is 3. The van der Waals surface area contributed by atoms with Gasteiger partial charge in [-0.15, -0.1) is 10.2 Å². The van der Waals surface area contributed by atoms with Crippen molar-refractivity contribution in [2.45, 2.75) is 6.04 Å². The van der Waals surface area contributed by atoms with E-state index >= 15 is 0 Å². The lowest BCUT2D eigenvalue weighted by atomic mass is 10.2. The molecular formula is C11H16N6O2. The van der Waals surface area contributed by atoms with E-state index in [1.807, 2.05) is 0 Å². The number of rotatable bonds is 3. The monoisotopic (exact) mass is 264 g/mol. The van der Waals surface area contributed by atoms with Crippen LogP contribution in [-0.2, 0) is 4.79 Å². The molecule has 1 unspecified atom stereocenters. The van der Waals surface area contributed by atoms with Gasteiger partial charge in [-0.2, -0.15) is 0 Å². The average molecular weight is 264 g/mol. The molecule has 8 heteroatoms. The summed E-state index contributed by atoms with van der Waals surface area (Å²) in [5.41, 5.74) is 5.60. The third kappa shape index (κ3) is 2.79. The first-order valence-electron chi connectivity index (χ1n) is 5.96. The third-order valence-electron chi connectivity index (χ3n) is 2.98. The Morgan fingerprint density at radius 3 is 2.84 bits per heavy atom. The van der Waals surface area contributed by atoms with E-state index in [-0.39, 0.29) is 11.6 Å². The minimum absolute atomic E-state index is 0.233. The van der Waals surface area contributed by atoms with Crippen LogP contribution in [0.5, 0.6) is 0 Å². The molecule has 4 N–H and O–H groups in total. The fourth-order valence-electron chi connectivity index (χ4n) is 1.96. The topological polar surface area (TPSA) is 113 Å². The van der Waals surface area contributed by atoms with Crippen LogP contribution >= 0.6 is 0 Å². The Bertz CT molecular complexity index is 475. The van der Waals surface area contributed by atoms with E-state index in [0.29, 0.717) is 18.9 Å². The number of hydrogen-bond donors (Lipinski definition) is 3. The van der Waals surface area contributed by atoms with Crippen LogP contribution in [-0.4, -0.2) is 54.7 Å². The number of primary amides is 1. The van der Waals surface area contributed by atoms with Gasteiger partial charge in [0.1, 0.15) is 6.04 Å². The van der Waals surface area contributed by atoms with Gasteiger partial charge in [0.25, 0.3) is 5.91 Å². The summed E-state index contributed by atoms with van der Waals surface area (Å²) in [7, 11) is 1.53. The summed E-state index contributed by atoms with van der Waals surface area (Å²) in [6.45, 7) is 1.83. The Hall–Kier alpha value is -2.22. The van der Waals surface area contributed by atoms with Crippen LogP contribution in [0, 0.1) is 0 Å². The summed E-state index contributed by atoms with van der Waals surface area (Å²) in [6, 6.07) is 2.79. The zero-order chi connectivity index (χ0) is 13.8. The lowest BCUT2D eigenvalue weighted by Crippen LogP contribution is -2.57. The van der Waals surface area contributed by atoms with Crippen LogP contribution in [0.2, 0.25) is 0 Å². The van der Waals surface area contributed by atoms with Gasteiger partial charge in [0.05, 0.1) is 0 Å². The zero-order valence-corrected chi connectivity index (χ0v) is 10.6. The summed E-state index contributed by atoms with van der Waals surface area (Å²) in [5, 5.41) is 13.4. The SMILES string of the molecule is CNC(=O)c1ccc(N2CCNCC2C(N)=O)nn1. The quantitative estimate of drug-likeness (QED) is 0.587. The predicted octanol–water partition coefficient (Wildman–Crippen LogP) is -1.90.